The van der Waals surface area contributed by atoms with E-state index in [2.05, 4.69) is 5.32 Å². The molecule has 1 amide bonds. The van der Waals surface area contributed by atoms with Crippen molar-refractivity contribution < 1.29 is 14.7 Å². The fourth-order valence-electron chi connectivity index (χ4n) is 2.33. The van der Waals surface area contributed by atoms with Crippen LogP contribution in [0, 0.1) is 0 Å². The number of alkyl halides is 1. The molecule has 2 aromatic carbocycles. The molecule has 2 rings (SSSR count). The van der Waals surface area contributed by atoms with Crippen molar-refractivity contribution in [3.8, 4) is 11.1 Å². The van der Waals surface area contributed by atoms with Gasteiger partial charge in [-0.25, -0.2) is 0 Å². The fourth-order valence-corrected chi connectivity index (χ4v) is 2.44. The number of hydrogen-bond donors (Lipinski definition) is 2. The minimum atomic E-state index is -1.02. The van der Waals surface area contributed by atoms with Gasteiger partial charge in [0.25, 0.3) is 0 Å². The number of carboxylic acids is 1. The first kappa shape index (κ1) is 17.0. The average Bonchev–Trinajstić information content (AvgIpc) is 2.53. The molecule has 0 aliphatic carbocycles. The van der Waals surface area contributed by atoms with Crippen LogP contribution >= 0.6 is 11.6 Å². The van der Waals surface area contributed by atoms with Crippen molar-refractivity contribution in [1.29, 1.82) is 0 Å². The number of carbonyl (C=O) groups excluding carboxylic acids is 1. The van der Waals surface area contributed by atoms with Gasteiger partial charge in [-0.3, -0.25) is 9.59 Å². The van der Waals surface area contributed by atoms with Crippen molar-refractivity contribution in [1.82, 2.24) is 0 Å². The van der Waals surface area contributed by atoms with Gasteiger partial charge < -0.3 is 10.4 Å². The highest BCUT2D eigenvalue weighted by Crippen LogP contribution is 2.29. The summed E-state index contributed by atoms with van der Waals surface area (Å²) in [5.41, 5.74) is 3.57. The summed E-state index contributed by atoms with van der Waals surface area (Å²) < 4.78 is 0. The number of carboxylic acid groups (broad SMARTS) is 1. The van der Waals surface area contributed by atoms with Crippen molar-refractivity contribution in [2.24, 2.45) is 0 Å². The number of aryl methyl sites for hydroxylation is 1. The highest BCUT2D eigenvalue weighted by Gasteiger charge is 2.14. The zero-order valence-electron chi connectivity index (χ0n) is 12.8. The standard InChI is InChI=1S/C18H18ClNO3/c1-12(21)20-17-11-13(8-10-16(19)18(22)23)7-9-15(17)14-5-3-2-4-6-14/h2-7,9,11,16H,8,10H2,1H3,(H,20,21)(H,22,23). The van der Waals surface area contributed by atoms with Crippen LogP contribution in [0.15, 0.2) is 48.5 Å². The molecular weight excluding hydrogens is 314 g/mol. The Kier molecular flexibility index (Phi) is 5.77. The van der Waals surface area contributed by atoms with Crippen LogP contribution in [0.4, 0.5) is 5.69 Å². The number of nitrogens with one attached hydrogen (secondary N) is 1. The summed E-state index contributed by atoms with van der Waals surface area (Å²) in [6, 6.07) is 15.5. The van der Waals surface area contributed by atoms with E-state index in [4.69, 9.17) is 16.7 Å². The molecule has 1 unspecified atom stereocenters. The molecular formula is C18H18ClNO3. The predicted octanol–water partition coefficient (Wildman–Crippen LogP) is 3.94. The van der Waals surface area contributed by atoms with Gasteiger partial charge in [-0.1, -0.05) is 42.5 Å². The minimum Gasteiger partial charge on any atom is -0.480 e. The maximum atomic E-state index is 11.5. The van der Waals surface area contributed by atoms with Crippen molar-refractivity contribution >= 4 is 29.2 Å². The maximum absolute atomic E-state index is 11.5. The summed E-state index contributed by atoms with van der Waals surface area (Å²) in [5, 5.41) is 10.8. The first-order chi connectivity index (χ1) is 11.0. The summed E-state index contributed by atoms with van der Waals surface area (Å²) in [7, 11) is 0. The monoisotopic (exact) mass is 331 g/mol. The molecule has 23 heavy (non-hydrogen) atoms. The first-order valence-electron chi connectivity index (χ1n) is 7.30. The molecule has 0 aliphatic heterocycles. The van der Waals surface area contributed by atoms with E-state index in [9.17, 15) is 9.59 Å². The van der Waals surface area contributed by atoms with Gasteiger partial charge in [-0.2, -0.15) is 0 Å². The van der Waals surface area contributed by atoms with E-state index in [1.807, 2.05) is 48.5 Å². The van der Waals surface area contributed by atoms with Crippen LogP contribution in [-0.2, 0) is 16.0 Å². The number of halogens is 1. The van der Waals surface area contributed by atoms with E-state index in [0.29, 0.717) is 18.5 Å². The Balaban J connectivity index is 2.27. The third-order valence-electron chi connectivity index (χ3n) is 3.43. The van der Waals surface area contributed by atoms with Crippen LogP contribution < -0.4 is 5.32 Å². The van der Waals surface area contributed by atoms with Gasteiger partial charge in [-0.15, -0.1) is 11.6 Å². The van der Waals surface area contributed by atoms with Gasteiger partial charge in [0.2, 0.25) is 5.91 Å². The SMILES string of the molecule is CC(=O)Nc1cc(CCC(Cl)C(=O)O)ccc1-c1ccccc1. The van der Waals surface area contributed by atoms with E-state index in [-0.39, 0.29) is 5.91 Å². The van der Waals surface area contributed by atoms with Gasteiger partial charge in [-0.05, 0) is 30.0 Å². The summed E-state index contributed by atoms with van der Waals surface area (Å²) in [5.74, 6) is -1.17. The van der Waals surface area contributed by atoms with Crippen LogP contribution in [0.3, 0.4) is 0 Å². The molecule has 0 saturated heterocycles. The van der Waals surface area contributed by atoms with E-state index >= 15 is 0 Å². The second-order valence-corrected chi connectivity index (χ2v) is 5.80. The summed E-state index contributed by atoms with van der Waals surface area (Å²) in [6.45, 7) is 1.46. The lowest BCUT2D eigenvalue weighted by atomic mass is 9.99. The first-order valence-corrected chi connectivity index (χ1v) is 7.74. The molecule has 5 heteroatoms. The predicted molar refractivity (Wildman–Crippen MR) is 91.8 cm³/mol. The quantitative estimate of drug-likeness (QED) is 0.788. The van der Waals surface area contributed by atoms with Gasteiger partial charge in [0.15, 0.2) is 0 Å². The number of amides is 1. The van der Waals surface area contributed by atoms with E-state index in [0.717, 1.165) is 16.7 Å². The maximum Gasteiger partial charge on any atom is 0.321 e. The molecule has 0 fully saturated rings. The fraction of sp³-hybridized carbons (Fsp3) is 0.222. The summed E-state index contributed by atoms with van der Waals surface area (Å²) >= 11 is 5.75. The van der Waals surface area contributed by atoms with Crippen molar-refractivity contribution in [2.45, 2.75) is 25.1 Å². The molecule has 2 N–H and O–H groups in total. The molecule has 0 aliphatic rings. The van der Waals surface area contributed by atoms with Crippen molar-refractivity contribution in [3.63, 3.8) is 0 Å². The van der Waals surface area contributed by atoms with Crippen molar-refractivity contribution in [2.75, 3.05) is 5.32 Å². The molecule has 120 valence electrons. The highest BCUT2D eigenvalue weighted by molar-refractivity contribution is 6.29. The smallest absolute Gasteiger partial charge is 0.321 e. The number of rotatable bonds is 6. The number of carbonyl (C=O) groups is 2. The zero-order valence-corrected chi connectivity index (χ0v) is 13.5. The lowest BCUT2D eigenvalue weighted by molar-refractivity contribution is -0.136. The number of aliphatic carboxylic acids is 1. The summed E-state index contributed by atoms with van der Waals surface area (Å²) in [4.78, 5) is 22.2. The van der Waals surface area contributed by atoms with E-state index in [1.165, 1.54) is 6.92 Å². The Hall–Kier alpha value is -2.33. The Morgan fingerprint density at radius 1 is 1.17 bits per heavy atom. The molecule has 0 saturated carbocycles. The third kappa shape index (κ3) is 4.83. The lowest BCUT2D eigenvalue weighted by Gasteiger charge is -2.13. The van der Waals surface area contributed by atoms with Gasteiger partial charge in [0, 0.05) is 18.2 Å². The third-order valence-corrected chi connectivity index (χ3v) is 3.84. The molecule has 0 heterocycles. The number of hydrogen-bond acceptors (Lipinski definition) is 2. The number of benzene rings is 2. The largest absolute Gasteiger partial charge is 0.480 e. The Morgan fingerprint density at radius 2 is 1.87 bits per heavy atom. The molecule has 2 aromatic rings. The second-order valence-electron chi connectivity index (χ2n) is 5.27. The minimum absolute atomic E-state index is 0.153. The van der Waals surface area contributed by atoms with Crippen LogP contribution in [0.25, 0.3) is 11.1 Å². The van der Waals surface area contributed by atoms with Crippen LogP contribution in [0.5, 0.6) is 0 Å². The molecule has 0 radical (unpaired) electrons. The molecule has 0 aromatic heterocycles. The van der Waals surface area contributed by atoms with Gasteiger partial charge in [0.05, 0.1) is 0 Å². The Morgan fingerprint density at radius 3 is 2.48 bits per heavy atom. The van der Waals surface area contributed by atoms with Crippen LogP contribution in [0.2, 0.25) is 0 Å². The van der Waals surface area contributed by atoms with Crippen LogP contribution in [0.1, 0.15) is 18.9 Å². The number of anilines is 1. The van der Waals surface area contributed by atoms with E-state index < -0.39 is 11.3 Å². The Bertz CT molecular complexity index is 701. The highest BCUT2D eigenvalue weighted by atomic mass is 35.5. The molecule has 0 bridgehead atoms. The Labute approximate surface area is 140 Å². The zero-order chi connectivity index (χ0) is 16.8. The second kappa shape index (κ2) is 7.79. The molecule has 0 spiro atoms. The summed E-state index contributed by atoms with van der Waals surface area (Å²) in [6.07, 6.45) is 0.864. The van der Waals surface area contributed by atoms with Crippen molar-refractivity contribution in [3.05, 3.63) is 54.1 Å². The molecule has 4 nitrogen and oxygen atoms in total. The topological polar surface area (TPSA) is 66.4 Å². The normalized spacial score (nSPS) is 11.7. The lowest BCUT2D eigenvalue weighted by Crippen LogP contribution is -2.14. The molecule has 1 atom stereocenters. The average molecular weight is 332 g/mol. The van der Waals surface area contributed by atoms with Crippen LogP contribution in [-0.4, -0.2) is 22.4 Å². The van der Waals surface area contributed by atoms with Gasteiger partial charge in [0.1, 0.15) is 5.38 Å². The van der Waals surface area contributed by atoms with E-state index in [1.54, 1.807) is 0 Å². The van der Waals surface area contributed by atoms with Gasteiger partial charge >= 0.3 is 5.97 Å².